The highest BCUT2D eigenvalue weighted by molar-refractivity contribution is 5.97. The van der Waals surface area contributed by atoms with Gasteiger partial charge in [0.2, 0.25) is 0 Å². The zero-order valence-electron chi connectivity index (χ0n) is 14.8. The maximum atomic E-state index is 12.9. The van der Waals surface area contributed by atoms with E-state index in [0.29, 0.717) is 0 Å². The van der Waals surface area contributed by atoms with Gasteiger partial charge in [-0.25, -0.2) is 9.59 Å². The van der Waals surface area contributed by atoms with Crippen molar-refractivity contribution in [2.75, 3.05) is 6.61 Å². The molecule has 2 N–H and O–H groups in total. The lowest BCUT2D eigenvalue weighted by Crippen LogP contribution is -2.48. The maximum Gasteiger partial charge on any atom is 0.417 e. The number of urea groups is 1. The summed E-state index contributed by atoms with van der Waals surface area (Å²) < 4.78 is 43.3. The molecule has 2 atom stereocenters. The number of alkyl halides is 3. The van der Waals surface area contributed by atoms with Crippen molar-refractivity contribution in [1.29, 1.82) is 0 Å². The average Bonchev–Trinajstić information content (AvgIpc) is 2.61. The van der Waals surface area contributed by atoms with E-state index in [9.17, 15) is 27.6 Å². The van der Waals surface area contributed by atoms with Gasteiger partial charge < -0.3 is 10.1 Å². The Hall–Kier alpha value is -2.58. The van der Waals surface area contributed by atoms with E-state index >= 15 is 0 Å². The summed E-state index contributed by atoms with van der Waals surface area (Å²) in [7, 11) is 0. The number of carbonyl (C=O) groups excluding carboxylic acids is 3. The molecule has 0 heterocycles. The highest BCUT2D eigenvalue weighted by atomic mass is 19.4. The van der Waals surface area contributed by atoms with E-state index in [2.05, 4.69) is 10.1 Å². The first-order valence-corrected chi connectivity index (χ1v) is 8.62. The number of amides is 3. The molecule has 0 aliphatic heterocycles. The van der Waals surface area contributed by atoms with E-state index in [1.165, 1.54) is 6.07 Å². The second kappa shape index (κ2) is 8.88. The van der Waals surface area contributed by atoms with Crippen molar-refractivity contribution in [3.63, 3.8) is 0 Å². The Bertz CT molecular complexity index is 706. The number of hydrogen-bond acceptors (Lipinski definition) is 4. The fourth-order valence-corrected chi connectivity index (χ4v) is 3.02. The third kappa shape index (κ3) is 5.97. The fourth-order valence-electron chi connectivity index (χ4n) is 3.02. The molecule has 0 spiro atoms. The predicted molar refractivity (Wildman–Crippen MR) is 89.8 cm³/mol. The number of nitrogens with one attached hydrogen (secondary N) is 2. The molecule has 1 aromatic rings. The average molecular weight is 386 g/mol. The zero-order valence-corrected chi connectivity index (χ0v) is 14.8. The normalized spacial score (nSPS) is 19.9. The molecule has 2 rings (SSSR count). The van der Waals surface area contributed by atoms with Crippen molar-refractivity contribution in [1.82, 2.24) is 10.6 Å². The number of hydrogen-bond donors (Lipinski definition) is 2. The van der Waals surface area contributed by atoms with Crippen molar-refractivity contribution in [3.8, 4) is 0 Å². The van der Waals surface area contributed by atoms with Crippen LogP contribution < -0.4 is 10.6 Å². The summed E-state index contributed by atoms with van der Waals surface area (Å²) in [5, 5.41) is 4.70. The zero-order chi connectivity index (χ0) is 20.0. The highest BCUT2D eigenvalue weighted by Gasteiger charge is 2.35. The smallest absolute Gasteiger partial charge is 0.417 e. The molecule has 148 valence electrons. The summed E-state index contributed by atoms with van der Waals surface area (Å²) in [6, 6.07) is 3.33. The first-order chi connectivity index (χ1) is 12.7. The summed E-state index contributed by atoms with van der Waals surface area (Å²) in [6.07, 6.45) is -0.857. The van der Waals surface area contributed by atoms with Gasteiger partial charge in [0.15, 0.2) is 6.61 Å². The molecule has 1 aliphatic rings. The Kier molecular flexibility index (Phi) is 6.81. The number of ether oxygens (including phenoxy) is 1. The summed E-state index contributed by atoms with van der Waals surface area (Å²) >= 11 is 0. The first kappa shape index (κ1) is 20.7. The van der Waals surface area contributed by atoms with Crippen LogP contribution in [0.2, 0.25) is 0 Å². The molecule has 6 nitrogen and oxygen atoms in total. The standard InChI is InChI=1S/C18H21F3N2O4/c1-11-6-2-5-9-14(11)22-17(26)23-15(24)10-27-16(25)12-7-3-4-8-13(12)18(19,20)21/h3-4,7-8,11,14H,2,5-6,9-10H2,1H3,(H2,22,23,24,26)/t11-,14+/m0/s1. The van der Waals surface area contributed by atoms with E-state index in [-0.39, 0.29) is 12.0 Å². The van der Waals surface area contributed by atoms with Crippen molar-refractivity contribution in [3.05, 3.63) is 35.4 Å². The quantitative estimate of drug-likeness (QED) is 0.778. The highest BCUT2D eigenvalue weighted by Crippen LogP contribution is 2.32. The Morgan fingerprint density at radius 3 is 2.48 bits per heavy atom. The van der Waals surface area contributed by atoms with Gasteiger partial charge in [0, 0.05) is 6.04 Å². The van der Waals surface area contributed by atoms with E-state index in [4.69, 9.17) is 0 Å². The minimum absolute atomic E-state index is 0.0484. The van der Waals surface area contributed by atoms with Crippen molar-refractivity contribution in [2.24, 2.45) is 5.92 Å². The Morgan fingerprint density at radius 1 is 1.15 bits per heavy atom. The van der Waals surface area contributed by atoms with Crippen LogP contribution in [-0.2, 0) is 15.7 Å². The largest absolute Gasteiger partial charge is 0.452 e. The molecule has 0 aromatic heterocycles. The van der Waals surface area contributed by atoms with Crippen molar-refractivity contribution < 1.29 is 32.3 Å². The van der Waals surface area contributed by atoms with Crippen LogP contribution in [0, 0.1) is 5.92 Å². The predicted octanol–water partition coefficient (Wildman–Crippen LogP) is 3.27. The molecular formula is C18H21F3N2O4. The Balaban J connectivity index is 1.85. The molecule has 0 radical (unpaired) electrons. The molecular weight excluding hydrogens is 365 g/mol. The van der Waals surface area contributed by atoms with Crippen LogP contribution >= 0.6 is 0 Å². The molecule has 1 fully saturated rings. The van der Waals surface area contributed by atoms with Crippen LogP contribution in [0.25, 0.3) is 0 Å². The molecule has 0 unspecified atom stereocenters. The molecule has 0 bridgehead atoms. The Labute approximate surface area is 154 Å². The maximum absolute atomic E-state index is 12.9. The van der Waals surface area contributed by atoms with Gasteiger partial charge in [0.05, 0.1) is 11.1 Å². The summed E-state index contributed by atoms with van der Waals surface area (Å²) in [6.45, 7) is 1.14. The third-order valence-electron chi connectivity index (χ3n) is 4.47. The van der Waals surface area contributed by atoms with Gasteiger partial charge >= 0.3 is 18.2 Å². The topological polar surface area (TPSA) is 84.5 Å². The van der Waals surface area contributed by atoms with Crippen molar-refractivity contribution >= 4 is 17.9 Å². The van der Waals surface area contributed by atoms with Crippen molar-refractivity contribution in [2.45, 2.75) is 44.8 Å². The number of rotatable bonds is 4. The number of esters is 1. The van der Waals surface area contributed by atoms with E-state index in [0.717, 1.165) is 43.9 Å². The minimum atomic E-state index is -4.73. The molecule has 1 saturated carbocycles. The number of carbonyl (C=O) groups is 3. The molecule has 9 heteroatoms. The SMILES string of the molecule is C[C@H]1CCCC[C@H]1NC(=O)NC(=O)COC(=O)c1ccccc1C(F)(F)F. The van der Waals surface area contributed by atoms with E-state index in [1.807, 2.05) is 12.2 Å². The van der Waals surface area contributed by atoms with Crippen LogP contribution in [0.15, 0.2) is 24.3 Å². The summed E-state index contributed by atoms with van der Waals surface area (Å²) in [5.41, 5.74) is -1.85. The van der Waals surface area contributed by atoms with Crippen LogP contribution in [-0.4, -0.2) is 30.6 Å². The molecule has 27 heavy (non-hydrogen) atoms. The van der Waals surface area contributed by atoms with Crippen LogP contribution in [0.4, 0.5) is 18.0 Å². The van der Waals surface area contributed by atoms with Gasteiger partial charge in [-0.1, -0.05) is 31.9 Å². The third-order valence-corrected chi connectivity index (χ3v) is 4.47. The molecule has 1 aliphatic carbocycles. The molecule has 1 aromatic carbocycles. The lowest BCUT2D eigenvalue weighted by Gasteiger charge is -2.29. The summed E-state index contributed by atoms with van der Waals surface area (Å²) in [5.74, 6) is -1.93. The van der Waals surface area contributed by atoms with Crippen LogP contribution in [0.5, 0.6) is 0 Å². The van der Waals surface area contributed by atoms with E-state index in [1.54, 1.807) is 0 Å². The summed E-state index contributed by atoms with van der Waals surface area (Å²) in [4.78, 5) is 35.4. The van der Waals surface area contributed by atoms with E-state index < -0.39 is 41.8 Å². The van der Waals surface area contributed by atoms with Crippen LogP contribution in [0.3, 0.4) is 0 Å². The molecule has 0 saturated heterocycles. The van der Waals surface area contributed by atoms with Gasteiger partial charge in [-0.15, -0.1) is 0 Å². The second-order valence-corrected chi connectivity index (χ2v) is 6.51. The van der Waals surface area contributed by atoms with Gasteiger partial charge in [0.25, 0.3) is 5.91 Å². The molecule has 3 amide bonds. The number of halogens is 3. The fraction of sp³-hybridized carbons (Fsp3) is 0.500. The van der Waals surface area contributed by atoms with Gasteiger partial charge in [0.1, 0.15) is 0 Å². The Morgan fingerprint density at radius 2 is 1.81 bits per heavy atom. The monoisotopic (exact) mass is 386 g/mol. The lowest BCUT2D eigenvalue weighted by molar-refractivity contribution is -0.138. The first-order valence-electron chi connectivity index (χ1n) is 8.62. The number of imide groups is 1. The van der Waals surface area contributed by atoms with Gasteiger partial charge in [-0.2, -0.15) is 13.2 Å². The second-order valence-electron chi connectivity index (χ2n) is 6.51. The van der Waals surface area contributed by atoms with Crippen LogP contribution in [0.1, 0.15) is 48.5 Å². The van der Waals surface area contributed by atoms with Gasteiger partial charge in [-0.05, 0) is 30.9 Å². The number of benzene rings is 1. The minimum Gasteiger partial charge on any atom is -0.452 e. The van der Waals surface area contributed by atoms with Gasteiger partial charge in [-0.3, -0.25) is 10.1 Å². The lowest BCUT2D eigenvalue weighted by atomic mass is 9.86.